The van der Waals surface area contributed by atoms with Crippen molar-refractivity contribution in [1.82, 2.24) is 0 Å². The van der Waals surface area contributed by atoms with E-state index in [4.69, 9.17) is 4.79 Å². The predicted octanol–water partition coefficient (Wildman–Crippen LogP) is 1.91. The molecule has 0 amide bonds. The fraction of sp³-hybridized carbons (Fsp3) is 0.333. The molecule has 0 fully saturated rings. The fourth-order valence-electron chi connectivity index (χ4n) is 0.406. The van der Waals surface area contributed by atoms with E-state index >= 15 is 0 Å². The molecule has 0 spiro atoms. The van der Waals surface area contributed by atoms with Crippen LogP contribution in [0.2, 0.25) is 0 Å². The fourth-order valence-corrected chi connectivity index (χ4v) is 0.406. The highest BCUT2D eigenvalue weighted by molar-refractivity contribution is 5.87. The van der Waals surface area contributed by atoms with Gasteiger partial charge in [-0.2, -0.15) is 0 Å². The Hall–Kier alpha value is -1.18. The summed E-state index contributed by atoms with van der Waals surface area (Å²) in [7, 11) is 0. The molecule has 2 nitrogen and oxygen atoms in total. The van der Waals surface area contributed by atoms with E-state index in [-0.39, 0.29) is 5.78 Å². The third-order valence-corrected chi connectivity index (χ3v) is 0.814. The molecule has 0 aromatic heterocycles. The van der Waals surface area contributed by atoms with Gasteiger partial charge in [-0.3, -0.25) is 4.79 Å². The molecule has 0 saturated heterocycles. The van der Waals surface area contributed by atoms with Crippen molar-refractivity contribution in [2.45, 2.75) is 20.3 Å². The highest BCUT2D eigenvalue weighted by Gasteiger charge is 1.75. The van der Waals surface area contributed by atoms with E-state index in [2.05, 4.69) is 6.92 Å². The number of allylic oxidation sites excluding steroid dienone is 4. The molecular weight excluding hydrogens is 140 g/mol. The van der Waals surface area contributed by atoms with Crippen molar-refractivity contribution in [2.75, 3.05) is 0 Å². The third-order valence-electron chi connectivity index (χ3n) is 0.814. The summed E-state index contributed by atoms with van der Waals surface area (Å²) >= 11 is 0. The van der Waals surface area contributed by atoms with Crippen LogP contribution in [0.25, 0.3) is 0 Å². The van der Waals surface area contributed by atoms with E-state index in [1.165, 1.54) is 6.92 Å². The van der Waals surface area contributed by atoms with Crippen LogP contribution in [-0.4, -0.2) is 12.6 Å². The largest absolute Gasteiger partial charge is 0.307 e. The molecule has 0 radical (unpaired) electrons. The Morgan fingerprint density at radius 1 is 1.36 bits per heavy atom. The van der Waals surface area contributed by atoms with Crippen LogP contribution in [0.15, 0.2) is 24.3 Å². The molecule has 0 aliphatic carbocycles. The van der Waals surface area contributed by atoms with Gasteiger partial charge in [0.05, 0.1) is 0 Å². The van der Waals surface area contributed by atoms with Crippen molar-refractivity contribution in [3.63, 3.8) is 0 Å². The van der Waals surface area contributed by atoms with Crippen molar-refractivity contribution in [3.8, 4) is 0 Å². The SMILES string of the molecule is C=O.CCC=CC=CC(C)=O. The third kappa shape index (κ3) is 17.7. The van der Waals surface area contributed by atoms with E-state index < -0.39 is 0 Å². The zero-order valence-electron chi connectivity index (χ0n) is 7.04. The first-order valence-electron chi connectivity index (χ1n) is 3.40. The Bertz CT molecular complexity index is 146. The monoisotopic (exact) mass is 154 g/mol. The van der Waals surface area contributed by atoms with E-state index in [1.54, 1.807) is 12.2 Å². The average molecular weight is 154 g/mol. The van der Waals surface area contributed by atoms with Crippen molar-refractivity contribution >= 4 is 12.6 Å². The molecular formula is C9H14O2. The maximum Gasteiger partial charge on any atom is 0.152 e. The summed E-state index contributed by atoms with van der Waals surface area (Å²) in [6.07, 6.45) is 8.20. The van der Waals surface area contributed by atoms with Gasteiger partial charge in [0, 0.05) is 0 Å². The molecule has 0 rings (SSSR count). The van der Waals surface area contributed by atoms with Crippen molar-refractivity contribution in [1.29, 1.82) is 0 Å². The van der Waals surface area contributed by atoms with Crippen LogP contribution in [0, 0.1) is 0 Å². The summed E-state index contributed by atoms with van der Waals surface area (Å²) in [5.74, 6) is 0.0933. The van der Waals surface area contributed by atoms with Crippen LogP contribution < -0.4 is 0 Å². The second-order valence-electron chi connectivity index (χ2n) is 1.81. The Kier molecular flexibility index (Phi) is 13.2. The number of hydrogen-bond donors (Lipinski definition) is 0. The van der Waals surface area contributed by atoms with E-state index in [1.807, 2.05) is 18.9 Å². The summed E-state index contributed by atoms with van der Waals surface area (Å²) in [6, 6.07) is 0. The Morgan fingerprint density at radius 2 is 1.91 bits per heavy atom. The molecule has 0 N–H and O–H groups in total. The minimum atomic E-state index is 0.0933. The molecule has 62 valence electrons. The van der Waals surface area contributed by atoms with Gasteiger partial charge in [-0.05, 0) is 19.4 Å². The zero-order chi connectivity index (χ0) is 9.11. The van der Waals surface area contributed by atoms with Crippen LogP contribution in [0.4, 0.5) is 0 Å². The molecule has 0 aromatic rings. The lowest BCUT2D eigenvalue weighted by Crippen LogP contribution is -1.77. The number of ketones is 1. The quantitative estimate of drug-likeness (QED) is 0.459. The van der Waals surface area contributed by atoms with Crippen LogP contribution >= 0.6 is 0 Å². The minimum Gasteiger partial charge on any atom is -0.307 e. The Balaban J connectivity index is 0. The first-order valence-corrected chi connectivity index (χ1v) is 3.40. The molecule has 0 atom stereocenters. The molecule has 0 aliphatic rings. The predicted molar refractivity (Wildman–Crippen MR) is 46.4 cm³/mol. The highest BCUT2D eigenvalue weighted by atomic mass is 16.1. The van der Waals surface area contributed by atoms with Crippen LogP contribution in [0.3, 0.4) is 0 Å². The lowest BCUT2D eigenvalue weighted by molar-refractivity contribution is -0.112. The van der Waals surface area contributed by atoms with Gasteiger partial charge in [-0.1, -0.05) is 25.2 Å². The van der Waals surface area contributed by atoms with Crippen molar-refractivity contribution < 1.29 is 9.59 Å². The second kappa shape index (κ2) is 11.6. The first kappa shape index (κ1) is 12.5. The number of carbonyl (C=O) groups excluding carboxylic acids is 2. The second-order valence-corrected chi connectivity index (χ2v) is 1.81. The molecule has 0 unspecified atom stereocenters. The van der Waals surface area contributed by atoms with Crippen LogP contribution in [-0.2, 0) is 9.59 Å². The standard InChI is InChI=1S/C8H12O.CH2O/c1-3-4-5-6-7-8(2)9;1-2/h4-7H,3H2,1-2H3;1H2. The smallest absolute Gasteiger partial charge is 0.152 e. The number of hydrogen-bond acceptors (Lipinski definition) is 2. The summed E-state index contributed by atoms with van der Waals surface area (Å²) in [4.78, 5) is 18.3. The van der Waals surface area contributed by atoms with Crippen molar-refractivity contribution in [2.24, 2.45) is 0 Å². The lowest BCUT2D eigenvalue weighted by atomic mass is 10.3. The van der Waals surface area contributed by atoms with Gasteiger partial charge in [0.25, 0.3) is 0 Å². The number of carbonyl (C=O) groups is 2. The number of rotatable bonds is 3. The van der Waals surface area contributed by atoms with Gasteiger partial charge >= 0.3 is 0 Å². The van der Waals surface area contributed by atoms with Crippen LogP contribution in [0.1, 0.15) is 20.3 Å². The summed E-state index contributed by atoms with van der Waals surface area (Å²) in [5.41, 5.74) is 0. The summed E-state index contributed by atoms with van der Waals surface area (Å²) < 4.78 is 0. The molecule has 0 saturated carbocycles. The summed E-state index contributed by atoms with van der Waals surface area (Å²) in [5, 5.41) is 0. The Labute approximate surface area is 67.6 Å². The minimum absolute atomic E-state index is 0.0933. The van der Waals surface area contributed by atoms with Gasteiger partial charge < -0.3 is 4.79 Å². The van der Waals surface area contributed by atoms with Gasteiger partial charge in [-0.25, -0.2) is 0 Å². The molecule has 0 aromatic carbocycles. The normalized spacial score (nSPS) is 9.64. The molecule has 0 heterocycles. The van der Waals surface area contributed by atoms with Gasteiger partial charge in [0.1, 0.15) is 6.79 Å². The topological polar surface area (TPSA) is 34.1 Å². The zero-order valence-corrected chi connectivity index (χ0v) is 7.04. The van der Waals surface area contributed by atoms with Gasteiger partial charge in [0.15, 0.2) is 5.78 Å². The molecule has 0 aliphatic heterocycles. The van der Waals surface area contributed by atoms with E-state index in [0.717, 1.165) is 6.42 Å². The molecule has 0 bridgehead atoms. The lowest BCUT2D eigenvalue weighted by Gasteiger charge is -1.74. The summed E-state index contributed by atoms with van der Waals surface area (Å²) in [6.45, 7) is 5.59. The average Bonchev–Trinajstić information content (AvgIpc) is 2.02. The molecule has 11 heavy (non-hydrogen) atoms. The maximum atomic E-state index is 10.3. The van der Waals surface area contributed by atoms with Crippen LogP contribution in [0.5, 0.6) is 0 Å². The molecule has 2 heteroatoms. The maximum absolute atomic E-state index is 10.3. The van der Waals surface area contributed by atoms with Crippen molar-refractivity contribution in [3.05, 3.63) is 24.3 Å². The first-order chi connectivity index (χ1) is 5.27. The van der Waals surface area contributed by atoms with E-state index in [0.29, 0.717) is 0 Å². The highest BCUT2D eigenvalue weighted by Crippen LogP contribution is 1.81. The van der Waals surface area contributed by atoms with E-state index in [9.17, 15) is 4.79 Å². The Morgan fingerprint density at radius 3 is 2.27 bits per heavy atom. The van der Waals surface area contributed by atoms with Gasteiger partial charge in [-0.15, -0.1) is 0 Å². The van der Waals surface area contributed by atoms with Gasteiger partial charge in [0.2, 0.25) is 0 Å².